The van der Waals surface area contributed by atoms with Gasteiger partial charge in [-0.15, -0.1) is 0 Å². The molecular weight excluding hydrogens is 564 g/mol. The Balaban J connectivity index is 3.88. The number of carbonyl (C=O) groups is 3. The zero-order valence-electron chi connectivity index (χ0n) is 29.6. The highest BCUT2D eigenvalue weighted by molar-refractivity contribution is 5.70. The van der Waals surface area contributed by atoms with Crippen LogP contribution in [0, 0.1) is 0 Å². The van der Waals surface area contributed by atoms with E-state index in [9.17, 15) is 14.4 Å². The van der Waals surface area contributed by atoms with Crippen molar-refractivity contribution >= 4 is 17.9 Å². The van der Waals surface area contributed by atoms with Gasteiger partial charge in [-0.2, -0.15) is 0 Å². The summed E-state index contributed by atoms with van der Waals surface area (Å²) >= 11 is 0. The predicted molar refractivity (Wildman–Crippen MR) is 187 cm³/mol. The highest BCUT2D eigenvalue weighted by Gasteiger charge is 2.18. The summed E-state index contributed by atoms with van der Waals surface area (Å²) < 4.78 is 15.9. The third-order valence-electron chi connectivity index (χ3n) is 8.04. The molecule has 6 heteroatoms. The quantitative estimate of drug-likeness (QED) is 0.0309. The van der Waals surface area contributed by atoms with Gasteiger partial charge in [-0.25, -0.2) is 0 Å². The summed E-state index contributed by atoms with van der Waals surface area (Å²) in [7, 11) is 0. The van der Waals surface area contributed by atoms with Crippen LogP contribution in [-0.4, -0.2) is 37.2 Å². The van der Waals surface area contributed by atoms with Crippen LogP contribution in [0.1, 0.15) is 188 Å². The summed E-state index contributed by atoms with van der Waals surface area (Å²) in [6.45, 7) is 5.61. The van der Waals surface area contributed by atoms with Crippen LogP contribution in [0.2, 0.25) is 0 Å². The van der Waals surface area contributed by atoms with Crippen LogP contribution in [0.5, 0.6) is 0 Å². The Morgan fingerprint density at radius 3 is 1.36 bits per heavy atom. The molecule has 262 valence electrons. The van der Waals surface area contributed by atoms with Crippen LogP contribution >= 0.6 is 0 Å². The molecule has 0 saturated heterocycles. The molecule has 0 bridgehead atoms. The molecule has 0 aliphatic rings. The molecular formula is C39H70O6. The fraction of sp³-hybridized carbons (Fsp3) is 0.821. The summed E-state index contributed by atoms with van der Waals surface area (Å²) in [4.78, 5) is 35.9. The second-order valence-corrected chi connectivity index (χ2v) is 12.6. The zero-order chi connectivity index (χ0) is 33.1. The van der Waals surface area contributed by atoms with E-state index in [1.54, 1.807) is 0 Å². The third kappa shape index (κ3) is 34.6. The van der Waals surface area contributed by atoms with Gasteiger partial charge in [0.1, 0.15) is 13.2 Å². The van der Waals surface area contributed by atoms with E-state index < -0.39 is 12.1 Å². The van der Waals surface area contributed by atoms with E-state index in [0.717, 1.165) is 44.9 Å². The van der Waals surface area contributed by atoms with Crippen molar-refractivity contribution in [1.82, 2.24) is 0 Å². The Hall–Kier alpha value is -2.11. The van der Waals surface area contributed by atoms with Crippen LogP contribution in [0.25, 0.3) is 0 Å². The molecule has 0 aromatic carbocycles. The standard InChI is InChI=1S/C39H70O6/c1-4-6-8-10-12-14-16-18-19-21-23-25-27-29-31-33-39(42)45-37(34-43-36(3)40)35-44-38(41)32-30-28-26-24-22-20-17-15-13-11-9-7-5-2/h12,14,16,18,37H,4-11,13,15,17,19-35H2,1-3H3/b14-12-,18-16+. The van der Waals surface area contributed by atoms with Gasteiger partial charge in [0, 0.05) is 19.8 Å². The molecule has 0 N–H and O–H groups in total. The number of unbranched alkanes of at least 4 members (excludes halogenated alkanes) is 21. The second-order valence-electron chi connectivity index (χ2n) is 12.6. The molecule has 45 heavy (non-hydrogen) atoms. The molecule has 0 heterocycles. The average Bonchev–Trinajstić information content (AvgIpc) is 3.02. The van der Waals surface area contributed by atoms with E-state index in [1.807, 2.05) is 0 Å². The zero-order valence-corrected chi connectivity index (χ0v) is 29.6. The number of hydrogen-bond acceptors (Lipinski definition) is 6. The fourth-order valence-electron chi connectivity index (χ4n) is 5.22. The molecule has 0 spiro atoms. The molecule has 6 nitrogen and oxygen atoms in total. The summed E-state index contributed by atoms with van der Waals surface area (Å²) in [6, 6.07) is 0. The van der Waals surface area contributed by atoms with E-state index in [0.29, 0.717) is 12.8 Å². The molecule has 0 rings (SSSR count). The SMILES string of the molecule is CCCCC/C=C\C=C\CCCCCCCCC(=O)OC(COC(C)=O)COC(=O)CCCCCCCCCCCCCCC. The summed E-state index contributed by atoms with van der Waals surface area (Å²) in [5.41, 5.74) is 0. The number of carbonyl (C=O) groups excluding carboxylic acids is 3. The molecule has 0 radical (unpaired) electrons. The Morgan fingerprint density at radius 2 is 0.867 bits per heavy atom. The number of rotatable bonds is 33. The lowest BCUT2D eigenvalue weighted by molar-refractivity contribution is -0.166. The van der Waals surface area contributed by atoms with Crippen molar-refractivity contribution in [2.45, 2.75) is 194 Å². The molecule has 0 aromatic rings. The maximum atomic E-state index is 12.4. The van der Waals surface area contributed by atoms with Gasteiger partial charge in [0.05, 0.1) is 0 Å². The van der Waals surface area contributed by atoms with Gasteiger partial charge in [-0.1, -0.05) is 154 Å². The fourth-order valence-corrected chi connectivity index (χ4v) is 5.22. The van der Waals surface area contributed by atoms with Gasteiger partial charge >= 0.3 is 17.9 Å². The molecule has 0 aliphatic heterocycles. The van der Waals surface area contributed by atoms with E-state index in [1.165, 1.54) is 116 Å². The lowest BCUT2D eigenvalue weighted by Gasteiger charge is -2.18. The first-order valence-electron chi connectivity index (χ1n) is 18.8. The molecule has 0 aromatic heterocycles. The van der Waals surface area contributed by atoms with Crippen molar-refractivity contribution in [2.24, 2.45) is 0 Å². The Labute approximate surface area is 277 Å². The number of ether oxygens (including phenoxy) is 3. The minimum absolute atomic E-state index is 0.0839. The number of hydrogen-bond donors (Lipinski definition) is 0. The van der Waals surface area contributed by atoms with Crippen LogP contribution in [0.15, 0.2) is 24.3 Å². The van der Waals surface area contributed by atoms with Gasteiger partial charge in [0.15, 0.2) is 6.10 Å². The molecule has 0 amide bonds. The smallest absolute Gasteiger partial charge is 0.306 e. The maximum absolute atomic E-state index is 12.4. The van der Waals surface area contributed by atoms with Gasteiger partial charge in [-0.3, -0.25) is 14.4 Å². The summed E-state index contributed by atoms with van der Waals surface area (Å²) in [5.74, 6) is -1.09. The van der Waals surface area contributed by atoms with Crippen LogP contribution < -0.4 is 0 Å². The van der Waals surface area contributed by atoms with E-state index in [2.05, 4.69) is 38.2 Å². The first kappa shape index (κ1) is 42.9. The van der Waals surface area contributed by atoms with Crippen molar-refractivity contribution in [2.75, 3.05) is 13.2 Å². The summed E-state index contributed by atoms with van der Waals surface area (Å²) in [5, 5.41) is 0. The van der Waals surface area contributed by atoms with Crippen LogP contribution in [0.4, 0.5) is 0 Å². The molecule has 0 aliphatic carbocycles. The van der Waals surface area contributed by atoms with Gasteiger partial charge in [-0.05, 0) is 38.5 Å². The van der Waals surface area contributed by atoms with Gasteiger partial charge < -0.3 is 14.2 Å². The largest absolute Gasteiger partial charge is 0.462 e. The second kappa shape index (κ2) is 34.8. The van der Waals surface area contributed by atoms with Crippen molar-refractivity contribution in [3.63, 3.8) is 0 Å². The van der Waals surface area contributed by atoms with Crippen molar-refractivity contribution < 1.29 is 28.6 Å². The van der Waals surface area contributed by atoms with Crippen molar-refractivity contribution in [1.29, 1.82) is 0 Å². The number of esters is 3. The van der Waals surface area contributed by atoms with Crippen LogP contribution in [0.3, 0.4) is 0 Å². The Morgan fingerprint density at radius 1 is 0.489 bits per heavy atom. The monoisotopic (exact) mass is 635 g/mol. The maximum Gasteiger partial charge on any atom is 0.306 e. The first-order chi connectivity index (χ1) is 22.0. The minimum Gasteiger partial charge on any atom is -0.462 e. The van der Waals surface area contributed by atoms with E-state index >= 15 is 0 Å². The topological polar surface area (TPSA) is 78.9 Å². The molecule has 1 atom stereocenters. The highest BCUT2D eigenvalue weighted by atomic mass is 16.6. The molecule has 0 saturated carbocycles. The van der Waals surface area contributed by atoms with Crippen molar-refractivity contribution in [3.8, 4) is 0 Å². The normalized spacial score (nSPS) is 12.2. The van der Waals surface area contributed by atoms with Gasteiger partial charge in [0.2, 0.25) is 0 Å². The highest BCUT2D eigenvalue weighted by Crippen LogP contribution is 2.14. The predicted octanol–water partition coefficient (Wildman–Crippen LogP) is 11.3. The number of allylic oxidation sites excluding steroid dienone is 4. The minimum atomic E-state index is -0.767. The lowest BCUT2D eigenvalue weighted by Crippen LogP contribution is -2.30. The molecule has 1 unspecified atom stereocenters. The Bertz CT molecular complexity index is 744. The van der Waals surface area contributed by atoms with Crippen molar-refractivity contribution in [3.05, 3.63) is 24.3 Å². The lowest BCUT2D eigenvalue weighted by atomic mass is 10.0. The first-order valence-corrected chi connectivity index (χ1v) is 18.8. The average molecular weight is 635 g/mol. The molecule has 0 fully saturated rings. The van der Waals surface area contributed by atoms with Gasteiger partial charge in [0.25, 0.3) is 0 Å². The summed E-state index contributed by atoms with van der Waals surface area (Å²) in [6.07, 6.45) is 37.6. The van der Waals surface area contributed by atoms with E-state index in [4.69, 9.17) is 14.2 Å². The third-order valence-corrected chi connectivity index (χ3v) is 8.04. The van der Waals surface area contributed by atoms with E-state index in [-0.39, 0.29) is 25.2 Å². The Kier molecular flexibility index (Phi) is 33.1. The van der Waals surface area contributed by atoms with Crippen LogP contribution in [-0.2, 0) is 28.6 Å².